The zero-order valence-electron chi connectivity index (χ0n) is 8.02. The summed E-state index contributed by atoms with van der Waals surface area (Å²) in [5, 5.41) is 0. The summed E-state index contributed by atoms with van der Waals surface area (Å²) in [6.07, 6.45) is 0. The maximum absolute atomic E-state index is 2.25. The Balaban J connectivity index is 2.93. The van der Waals surface area contributed by atoms with Crippen LogP contribution < -0.4 is 0 Å². The Morgan fingerprint density at radius 1 is 1.08 bits per heavy atom. The van der Waals surface area contributed by atoms with Gasteiger partial charge in [-0.15, -0.1) is 0 Å². The maximum atomic E-state index is 2.25. The third kappa shape index (κ3) is 2.55. The van der Waals surface area contributed by atoms with Crippen molar-refractivity contribution in [2.75, 3.05) is 0 Å². The molecule has 1 rings (SSSR count). The molecule has 0 aliphatic carbocycles. The van der Waals surface area contributed by atoms with Crippen molar-refractivity contribution in [2.45, 2.75) is 30.3 Å². The summed E-state index contributed by atoms with van der Waals surface area (Å²) in [6.45, 7) is 6.75. The summed E-state index contributed by atoms with van der Waals surface area (Å²) in [5.41, 5.74) is 3.18. The van der Waals surface area contributed by atoms with E-state index in [9.17, 15) is 0 Å². The molecular weight excluding hydrogens is 223 g/mol. The first-order valence-electron chi connectivity index (χ1n) is 4.28. The van der Waals surface area contributed by atoms with Crippen LogP contribution in [0.25, 0.3) is 0 Å². The average molecular weight is 238 g/mol. The first kappa shape index (κ1) is 10.2. The van der Waals surface area contributed by atoms with Gasteiger partial charge in [-0.3, -0.25) is 0 Å². The van der Waals surface area contributed by atoms with E-state index in [2.05, 4.69) is 45.0 Å². The fourth-order valence-corrected chi connectivity index (χ4v) is 1.70. The van der Waals surface area contributed by atoms with E-state index in [-0.39, 0.29) is 0 Å². The first-order chi connectivity index (χ1) is 5.54. The second-order valence-electron chi connectivity index (χ2n) is 4.12. The van der Waals surface area contributed by atoms with E-state index in [1.807, 2.05) is 0 Å². The Bertz CT molecular complexity index is 241. The van der Waals surface area contributed by atoms with Crippen LogP contribution in [0.1, 0.15) is 31.9 Å². The van der Waals surface area contributed by atoms with Crippen LogP contribution in [-0.4, -0.2) is 0 Å². The van der Waals surface area contributed by atoms with E-state index in [0.717, 1.165) is 0 Å². The van der Waals surface area contributed by atoms with Gasteiger partial charge in [-0.05, 0) is 0 Å². The van der Waals surface area contributed by atoms with Gasteiger partial charge >= 0.3 is 90.4 Å². The summed E-state index contributed by atoms with van der Waals surface area (Å²) in [5.74, 6) is 0. The molecule has 0 bridgehead atoms. The summed E-state index contributed by atoms with van der Waals surface area (Å²) >= 11 is 1.59. The molecule has 0 spiro atoms. The van der Waals surface area contributed by atoms with Crippen molar-refractivity contribution in [1.29, 1.82) is 0 Å². The molecule has 0 aromatic heterocycles. The monoisotopic (exact) mass is 237 g/mol. The van der Waals surface area contributed by atoms with Gasteiger partial charge in [0.15, 0.2) is 0 Å². The molecule has 0 saturated carbocycles. The van der Waals surface area contributed by atoms with Crippen molar-refractivity contribution < 1.29 is 24.7 Å². The standard InChI is InChI=1S/C11H15.Zr/c1-9-5-7-10(8-6-9)11(2,3)4;/h5-8H,1H2,2-4H3;. The fourth-order valence-electron chi connectivity index (χ4n) is 1.12. The minimum absolute atomic E-state index is 0.291. The third-order valence-corrected chi connectivity index (χ3v) is 3.03. The van der Waals surface area contributed by atoms with E-state index < -0.39 is 0 Å². The molecule has 0 aliphatic heterocycles. The summed E-state index contributed by atoms with van der Waals surface area (Å²) < 4.78 is 1.22. The van der Waals surface area contributed by atoms with Crippen molar-refractivity contribution in [3.63, 3.8) is 0 Å². The van der Waals surface area contributed by atoms with E-state index >= 15 is 0 Å². The van der Waals surface area contributed by atoms with Crippen LogP contribution >= 0.6 is 0 Å². The van der Waals surface area contributed by atoms with Crippen LogP contribution in [0, 0.1) is 0 Å². The molecule has 0 radical (unpaired) electrons. The van der Waals surface area contributed by atoms with E-state index in [1.165, 1.54) is 15.3 Å². The SMILES string of the molecule is CC(C)(C)c1ccc([CH2][Zr])cc1. The van der Waals surface area contributed by atoms with Gasteiger partial charge in [0.25, 0.3) is 0 Å². The van der Waals surface area contributed by atoms with Crippen molar-refractivity contribution in [1.82, 2.24) is 0 Å². The first-order valence-corrected chi connectivity index (χ1v) is 6.02. The molecule has 0 unspecified atom stereocenters. The Hall–Kier alpha value is 0.103. The Morgan fingerprint density at radius 2 is 1.58 bits per heavy atom. The molecule has 63 valence electrons. The molecule has 0 fully saturated rings. The molecule has 0 heterocycles. The van der Waals surface area contributed by atoms with Gasteiger partial charge in [0, 0.05) is 0 Å². The summed E-state index contributed by atoms with van der Waals surface area (Å²) in [7, 11) is 0. The van der Waals surface area contributed by atoms with Gasteiger partial charge in [0.1, 0.15) is 0 Å². The zero-order valence-corrected chi connectivity index (χ0v) is 10.5. The van der Waals surface area contributed by atoms with Gasteiger partial charge < -0.3 is 0 Å². The van der Waals surface area contributed by atoms with Crippen LogP contribution in [0.15, 0.2) is 24.3 Å². The van der Waals surface area contributed by atoms with Gasteiger partial charge in [0.05, 0.1) is 0 Å². The molecule has 12 heavy (non-hydrogen) atoms. The van der Waals surface area contributed by atoms with Gasteiger partial charge in [-0.2, -0.15) is 0 Å². The summed E-state index contributed by atoms with van der Waals surface area (Å²) in [6, 6.07) is 8.99. The van der Waals surface area contributed by atoms with Gasteiger partial charge in [0.2, 0.25) is 0 Å². The molecular formula is C11H15Zr. The predicted molar refractivity (Wildman–Crippen MR) is 48.8 cm³/mol. The molecule has 0 N–H and O–H groups in total. The number of hydrogen-bond acceptors (Lipinski definition) is 0. The molecule has 1 aromatic rings. The quantitative estimate of drug-likeness (QED) is 0.705. The van der Waals surface area contributed by atoms with E-state index in [4.69, 9.17) is 0 Å². The normalized spacial score (nSPS) is 11.5. The molecule has 0 saturated heterocycles. The molecule has 1 heteroatoms. The van der Waals surface area contributed by atoms with Crippen molar-refractivity contribution in [2.24, 2.45) is 0 Å². The molecule has 0 nitrogen and oxygen atoms in total. The van der Waals surface area contributed by atoms with Crippen LogP contribution in [0.3, 0.4) is 0 Å². The van der Waals surface area contributed by atoms with Crippen molar-refractivity contribution in [3.05, 3.63) is 35.4 Å². The molecule has 0 atom stereocenters. The second kappa shape index (κ2) is 3.87. The van der Waals surface area contributed by atoms with Crippen molar-refractivity contribution in [3.8, 4) is 0 Å². The Kier molecular flexibility index (Phi) is 3.29. The molecule has 0 aliphatic rings. The topological polar surface area (TPSA) is 0 Å². The Labute approximate surface area is 90.2 Å². The molecule has 1 aromatic carbocycles. The average Bonchev–Trinajstić information content (AvgIpc) is 2.03. The van der Waals surface area contributed by atoms with Gasteiger partial charge in [-0.25, -0.2) is 0 Å². The van der Waals surface area contributed by atoms with Crippen LogP contribution in [0.4, 0.5) is 0 Å². The van der Waals surface area contributed by atoms with E-state index in [0.29, 0.717) is 5.41 Å². The third-order valence-electron chi connectivity index (χ3n) is 2.02. The van der Waals surface area contributed by atoms with Crippen LogP contribution in [-0.2, 0) is 34.3 Å². The molecule has 0 amide bonds. The van der Waals surface area contributed by atoms with Gasteiger partial charge in [-0.1, -0.05) is 0 Å². The van der Waals surface area contributed by atoms with Crippen LogP contribution in [0.2, 0.25) is 0 Å². The predicted octanol–water partition coefficient (Wildman–Crippen LogP) is 3.03. The fraction of sp³-hybridized carbons (Fsp3) is 0.455. The van der Waals surface area contributed by atoms with E-state index in [1.54, 1.807) is 24.7 Å². The minimum atomic E-state index is 0.291. The van der Waals surface area contributed by atoms with Crippen LogP contribution in [0.5, 0.6) is 0 Å². The van der Waals surface area contributed by atoms with Crippen molar-refractivity contribution >= 4 is 0 Å². The number of hydrogen-bond donors (Lipinski definition) is 0. The second-order valence-corrected chi connectivity index (χ2v) is 4.99. The zero-order chi connectivity index (χ0) is 9.19. The summed E-state index contributed by atoms with van der Waals surface area (Å²) in [4.78, 5) is 0. The number of benzene rings is 1. The Morgan fingerprint density at radius 3 is 1.92 bits per heavy atom. The number of rotatable bonds is 1.